The molecule has 0 saturated carbocycles. The Bertz CT molecular complexity index is 306. The van der Waals surface area contributed by atoms with Gasteiger partial charge in [-0.3, -0.25) is 0 Å². The summed E-state index contributed by atoms with van der Waals surface area (Å²) >= 11 is 2.86. The van der Waals surface area contributed by atoms with Crippen LogP contribution in [0.4, 0.5) is 14.5 Å². The molecule has 0 aliphatic carbocycles. The predicted molar refractivity (Wildman–Crippen MR) is 49.6 cm³/mol. The van der Waals surface area contributed by atoms with Gasteiger partial charge in [-0.15, -0.1) is 0 Å². The molecule has 0 fully saturated rings. The topological polar surface area (TPSA) is 32.3 Å². The van der Waals surface area contributed by atoms with Crippen LogP contribution in [-0.4, -0.2) is 18.3 Å². The highest BCUT2D eigenvalue weighted by atomic mass is 79.9. The smallest absolute Gasteiger partial charge is 0.147 e. The van der Waals surface area contributed by atoms with Gasteiger partial charge >= 0.3 is 0 Å². The Hall–Kier alpha value is -0.680. The monoisotopic (exact) mass is 251 g/mol. The second-order valence-electron chi connectivity index (χ2n) is 2.40. The van der Waals surface area contributed by atoms with Crippen LogP contribution in [0.5, 0.6) is 0 Å². The Morgan fingerprint density at radius 1 is 1.31 bits per heavy atom. The molecule has 0 spiro atoms. The molecule has 0 amide bonds. The van der Waals surface area contributed by atoms with Crippen molar-refractivity contribution in [1.29, 1.82) is 0 Å². The lowest BCUT2D eigenvalue weighted by atomic mass is 10.3. The Balaban J connectivity index is 2.88. The summed E-state index contributed by atoms with van der Waals surface area (Å²) in [5.41, 5.74) is 0.0507. The van der Waals surface area contributed by atoms with E-state index in [2.05, 4.69) is 21.2 Å². The van der Waals surface area contributed by atoms with E-state index in [4.69, 9.17) is 5.11 Å². The summed E-state index contributed by atoms with van der Waals surface area (Å²) in [6.45, 7) is 0.0646. The van der Waals surface area contributed by atoms with E-state index in [1.54, 1.807) is 0 Å². The molecule has 1 aromatic rings. The van der Waals surface area contributed by atoms with Crippen LogP contribution in [-0.2, 0) is 0 Å². The molecule has 0 unspecified atom stereocenters. The van der Waals surface area contributed by atoms with Crippen molar-refractivity contribution in [3.63, 3.8) is 0 Å². The molecular formula is C8H8BrF2NO. The summed E-state index contributed by atoms with van der Waals surface area (Å²) in [6, 6.07) is 2.07. The SMILES string of the molecule is OCCNc1cc(F)c(Br)cc1F. The number of aliphatic hydroxyl groups is 1. The molecule has 0 aliphatic rings. The highest BCUT2D eigenvalue weighted by Crippen LogP contribution is 2.22. The zero-order valence-corrected chi connectivity index (χ0v) is 8.24. The molecule has 2 nitrogen and oxygen atoms in total. The van der Waals surface area contributed by atoms with Crippen molar-refractivity contribution in [2.24, 2.45) is 0 Å². The van der Waals surface area contributed by atoms with Gasteiger partial charge in [0.05, 0.1) is 16.8 Å². The molecule has 5 heteroatoms. The van der Waals surface area contributed by atoms with Crippen LogP contribution in [0, 0.1) is 11.6 Å². The molecule has 0 aliphatic heterocycles. The number of benzene rings is 1. The maximum Gasteiger partial charge on any atom is 0.147 e. The summed E-state index contributed by atoms with van der Waals surface area (Å²) < 4.78 is 26.0. The molecule has 13 heavy (non-hydrogen) atoms. The number of halogens is 3. The normalized spacial score (nSPS) is 10.2. The van der Waals surface area contributed by atoms with Crippen molar-refractivity contribution in [3.8, 4) is 0 Å². The molecule has 0 heterocycles. The summed E-state index contributed by atoms with van der Waals surface area (Å²) in [6.07, 6.45) is 0. The fraction of sp³-hybridized carbons (Fsp3) is 0.250. The second-order valence-corrected chi connectivity index (χ2v) is 3.25. The van der Waals surface area contributed by atoms with Crippen molar-refractivity contribution >= 4 is 21.6 Å². The van der Waals surface area contributed by atoms with Gasteiger partial charge in [0.25, 0.3) is 0 Å². The molecule has 2 N–H and O–H groups in total. The van der Waals surface area contributed by atoms with Gasteiger partial charge in [-0.25, -0.2) is 8.78 Å². The molecule has 0 saturated heterocycles. The van der Waals surface area contributed by atoms with E-state index < -0.39 is 11.6 Å². The molecule has 0 bridgehead atoms. The van der Waals surface area contributed by atoms with Crippen LogP contribution in [0.15, 0.2) is 16.6 Å². The van der Waals surface area contributed by atoms with Gasteiger partial charge in [0.15, 0.2) is 0 Å². The van der Waals surface area contributed by atoms with Crippen LogP contribution in [0.2, 0.25) is 0 Å². The third kappa shape index (κ3) is 2.63. The molecule has 0 aromatic heterocycles. The first-order valence-corrected chi connectivity index (χ1v) is 4.43. The van der Waals surface area contributed by atoms with E-state index >= 15 is 0 Å². The first-order valence-electron chi connectivity index (χ1n) is 3.64. The Labute approximate surface area is 82.7 Å². The van der Waals surface area contributed by atoms with Gasteiger partial charge in [0.1, 0.15) is 11.6 Å². The lowest BCUT2D eigenvalue weighted by molar-refractivity contribution is 0.311. The highest BCUT2D eigenvalue weighted by molar-refractivity contribution is 9.10. The Kier molecular flexibility index (Phi) is 3.62. The number of hydrogen-bond acceptors (Lipinski definition) is 2. The fourth-order valence-corrected chi connectivity index (χ4v) is 1.16. The zero-order chi connectivity index (χ0) is 9.84. The van der Waals surface area contributed by atoms with E-state index in [-0.39, 0.29) is 23.3 Å². The van der Waals surface area contributed by atoms with Crippen LogP contribution in [0.1, 0.15) is 0 Å². The quantitative estimate of drug-likeness (QED) is 0.807. The maximum atomic E-state index is 13.0. The van der Waals surface area contributed by atoms with E-state index in [0.717, 1.165) is 12.1 Å². The number of anilines is 1. The predicted octanol–water partition coefficient (Wildman–Crippen LogP) is 2.13. The minimum atomic E-state index is -0.554. The summed E-state index contributed by atoms with van der Waals surface area (Å²) in [5, 5.41) is 11.0. The third-order valence-corrected chi connectivity index (χ3v) is 2.04. The fourth-order valence-electron chi connectivity index (χ4n) is 0.849. The van der Waals surface area contributed by atoms with Crippen molar-refractivity contribution in [2.75, 3.05) is 18.5 Å². The van der Waals surface area contributed by atoms with Crippen molar-refractivity contribution in [3.05, 3.63) is 28.2 Å². The zero-order valence-electron chi connectivity index (χ0n) is 6.65. The number of hydrogen-bond donors (Lipinski definition) is 2. The van der Waals surface area contributed by atoms with Gasteiger partial charge in [-0.1, -0.05) is 0 Å². The van der Waals surface area contributed by atoms with E-state index in [1.165, 1.54) is 0 Å². The molecule has 72 valence electrons. The lowest BCUT2D eigenvalue weighted by Gasteiger charge is -2.06. The minimum Gasteiger partial charge on any atom is -0.395 e. The number of aliphatic hydroxyl groups excluding tert-OH is 1. The summed E-state index contributed by atoms with van der Waals surface area (Å²) in [5.74, 6) is -1.09. The highest BCUT2D eigenvalue weighted by Gasteiger charge is 2.06. The van der Waals surface area contributed by atoms with Gasteiger partial charge in [-0.2, -0.15) is 0 Å². The van der Waals surface area contributed by atoms with E-state index in [1.807, 2.05) is 0 Å². The van der Waals surface area contributed by atoms with Gasteiger partial charge in [0, 0.05) is 12.6 Å². The summed E-state index contributed by atoms with van der Waals surface area (Å²) in [4.78, 5) is 0. The standard InChI is InChI=1S/C8H8BrF2NO/c9-5-3-7(11)8(4-6(5)10)12-1-2-13/h3-4,12-13H,1-2H2. The average molecular weight is 252 g/mol. The van der Waals surface area contributed by atoms with Gasteiger partial charge in [-0.05, 0) is 22.0 Å². The van der Waals surface area contributed by atoms with Crippen molar-refractivity contribution < 1.29 is 13.9 Å². The molecule has 0 radical (unpaired) electrons. The van der Waals surface area contributed by atoms with Gasteiger partial charge in [0.2, 0.25) is 0 Å². The maximum absolute atomic E-state index is 13.0. The van der Waals surface area contributed by atoms with Crippen LogP contribution in [0.3, 0.4) is 0 Å². The van der Waals surface area contributed by atoms with Gasteiger partial charge < -0.3 is 10.4 Å². The first kappa shape index (κ1) is 10.4. The second kappa shape index (κ2) is 4.53. The van der Waals surface area contributed by atoms with Crippen LogP contribution < -0.4 is 5.32 Å². The third-order valence-electron chi connectivity index (χ3n) is 1.44. The number of nitrogens with one attached hydrogen (secondary N) is 1. The Morgan fingerprint density at radius 2 is 2.00 bits per heavy atom. The molecule has 1 aromatic carbocycles. The lowest BCUT2D eigenvalue weighted by Crippen LogP contribution is -2.07. The molecule has 0 atom stereocenters. The van der Waals surface area contributed by atoms with Crippen LogP contribution in [0.25, 0.3) is 0 Å². The van der Waals surface area contributed by atoms with Crippen molar-refractivity contribution in [1.82, 2.24) is 0 Å². The largest absolute Gasteiger partial charge is 0.395 e. The summed E-state index contributed by atoms with van der Waals surface area (Å²) in [7, 11) is 0. The molecule has 1 rings (SSSR count). The number of rotatable bonds is 3. The first-order chi connectivity index (χ1) is 6.15. The van der Waals surface area contributed by atoms with Crippen LogP contribution >= 0.6 is 15.9 Å². The van der Waals surface area contributed by atoms with E-state index in [0.29, 0.717) is 0 Å². The van der Waals surface area contributed by atoms with Crippen molar-refractivity contribution in [2.45, 2.75) is 0 Å². The van der Waals surface area contributed by atoms with E-state index in [9.17, 15) is 8.78 Å². The minimum absolute atomic E-state index is 0.0507. The molecular weight excluding hydrogens is 244 g/mol. The Morgan fingerprint density at radius 3 is 2.62 bits per heavy atom. The average Bonchev–Trinajstić information content (AvgIpc) is 2.09.